The predicted molar refractivity (Wildman–Crippen MR) is 140 cm³/mol. The molecule has 0 atom stereocenters. The Morgan fingerprint density at radius 2 is 1.82 bits per heavy atom. The number of hydrogen-bond acceptors (Lipinski definition) is 7. The van der Waals surface area contributed by atoms with E-state index in [1.165, 1.54) is 31.4 Å². The van der Waals surface area contributed by atoms with Crippen LogP contribution in [0.4, 0.5) is 16.2 Å². The summed E-state index contributed by atoms with van der Waals surface area (Å²) in [6.07, 6.45) is 3.42. The number of nitro groups is 1. The molecule has 0 bridgehead atoms. The van der Waals surface area contributed by atoms with Crippen molar-refractivity contribution in [3.05, 3.63) is 112 Å². The Balaban J connectivity index is 1.71. The van der Waals surface area contributed by atoms with Crippen LogP contribution in [0.25, 0.3) is 6.08 Å². The fraction of sp³-hybridized carbons (Fsp3) is 0.107. The summed E-state index contributed by atoms with van der Waals surface area (Å²) in [5.74, 6) is -0.947. The Kier molecular flexibility index (Phi) is 7.62. The molecule has 3 aromatic carbocycles. The standard InChI is InChI=1S/C28H23N3O7/c1-3-8-20-13-19(15-24(37-2)25(20)38-17-18-9-5-4-6-10-18)14-23-26(32)29-28(34)30(27(23)33)21-11-7-12-22(16-21)31(35)36/h3-7,9-16H,1,8,17H2,2H3,(H,29,32,34)/b23-14+. The van der Waals surface area contributed by atoms with Crippen LogP contribution in [0.15, 0.2) is 85.0 Å². The van der Waals surface area contributed by atoms with Crippen LogP contribution in [0.3, 0.4) is 0 Å². The highest BCUT2D eigenvalue weighted by molar-refractivity contribution is 6.39. The van der Waals surface area contributed by atoms with Crippen molar-refractivity contribution in [3.8, 4) is 11.5 Å². The number of urea groups is 1. The maximum Gasteiger partial charge on any atom is 0.335 e. The fourth-order valence-electron chi connectivity index (χ4n) is 3.92. The number of methoxy groups -OCH3 is 1. The number of amides is 4. The molecule has 4 rings (SSSR count). The number of nitrogens with one attached hydrogen (secondary N) is 1. The maximum absolute atomic E-state index is 13.3. The number of ether oxygens (including phenoxy) is 2. The van der Waals surface area contributed by atoms with E-state index in [0.29, 0.717) is 40.6 Å². The lowest BCUT2D eigenvalue weighted by atomic mass is 10.0. The summed E-state index contributed by atoms with van der Waals surface area (Å²) >= 11 is 0. The molecule has 0 aromatic heterocycles. The quantitative estimate of drug-likeness (QED) is 0.146. The summed E-state index contributed by atoms with van der Waals surface area (Å²) in [5.41, 5.74) is 1.42. The van der Waals surface area contributed by atoms with Crippen molar-refractivity contribution in [3.63, 3.8) is 0 Å². The van der Waals surface area contributed by atoms with Gasteiger partial charge in [0, 0.05) is 17.7 Å². The highest BCUT2D eigenvalue weighted by atomic mass is 16.6. The van der Waals surface area contributed by atoms with E-state index in [1.54, 1.807) is 18.2 Å². The first kappa shape index (κ1) is 25.8. The molecule has 0 radical (unpaired) electrons. The third kappa shape index (κ3) is 5.44. The van der Waals surface area contributed by atoms with E-state index in [0.717, 1.165) is 11.6 Å². The topological polar surface area (TPSA) is 128 Å². The van der Waals surface area contributed by atoms with Crippen molar-refractivity contribution in [1.29, 1.82) is 0 Å². The highest BCUT2D eigenvalue weighted by Crippen LogP contribution is 2.35. The predicted octanol–water partition coefficient (Wildman–Crippen LogP) is 4.58. The smallest absolute Gasteiger partial charge is 0.335 e. The van der Waals surface area contributed by atoms with Crippen LogP contribution >= 0.6 is 0 Å². The van der Waals surface area contributed by atoms with Gasteiger partial charge in [-0.2, -0.15) is 0 Å². The number of anilines is 1. The van der Waals surface area contributed by atoms with Crippen LogP contribution in [-0.2, 0) is 22.6 Å². The molecular formula is C28H23N3O7. The van der Waals surface area contributed by atoms with Gasteiger partial charge in [0.15, 0.2) is 11.5 Å². The monoisotopic (exact) mass is 513 g/mol. The third-order valence-electron chi connectivity index (χ3n) is 5.68. The molecule has 1 aliphatic rings. The lowest BCUT2D eigenvalue weighted by Gasteiger charge is -2.26. The summed E-state index contributed by atoms with van der Waals surface area (Å²) in [6, 6.07) is 16.9. The zero-order valence-electron chi connectivity index (χ0n) is 20.4. The third-order valence-corrected chi connectivity index (χ3v) is 5.68. The lowest BCUT2D eigenvalue weighted by molar-refractivity contribution is -0.384. The molecule has 1 saturated heterocycles. The summed E-state index contributed by atoms with van der Waals surface area (Å²) in [5, 5.41) is 13.3. The second-order valence-electron chi connectivity index (χ2n) is 8.21. The second-order valence-corrected chi connectivity index (χ2v) is 8.21. The van der Waals surface area contributed by atoms with E-state index >= 15 is 0 Å². The number of rotatable bonds is 9. The Hall–Kier alpha value is -5.25. The molecule has 1 aliphatic heterocycles. The minimum Gasteiger partial charge on any atom is -0.493 e. The number of barbiturate groups is 1. The van der Waals surface area contributed by atoms with Gasteiger partial charge in [0.2, 0.25) is 0 Å². The fourth-order valence-corrected chi connectivity index (χ4v) is 3.92. The molecule has 1 heterocycles. The first-order valence-electron chi connectivity index (χ1n) is 11.5. The van der Waals surface area contributed by atoms with Crippen molar-refractivity contribution in [2.75, 3.05) is 12.0 Å². The first-order chi connectivity index (χ1) is 18.3. The van der Waals surface area contributed by atoms with Gasteiger partial charge in [0.05, 0.1) is 17.7 Å². The van der Waals surface area contributed by atoms with Gasteiger partial charge in [-0.05, 0) is 41.8 Å². The molecule has 10 heteroatoms. The van der Waals surface area contributed by atoms with Crippen LogP contribution in [0.2, 0.25) is 0 Å². The van der Waals surface area contributed by atoms with Gasteiger partial charge in [-0.3, -0.25) is 25.0 Å². The molecular weight excluding hydrogens is 490 g/mol. The van der Waals surface area contributed by atoms with E-state index < -0.39 is 22.8 Å². The van der Waals surface area contributed by atoms with Gasteiger partial charge in [0.1, 0.15) is 12.2 Å². The number of nitro benzene ring substituents is 1. The van der Waals surface area contributed by atoms with Crippen LogP contribution < -0.4 is 19.7 Å². The Morgan fingerprint density at radius 1 is 1.05 bits per heavy atom. The van der Waals surface area contributed by atoms with Crippen molar-refractivity contribution >= 4 is 35.3 Å². The number of non-ortho nitro benzene ring substituents is 1. The molecule has 0 spiro atoms. The summed E-state index contributed by atoms with van der Waals surface area (Å²) in [6.45, 7) is 4.08. The summed E-state index contributed by atoms with van der Waals surface area (Å²) in [7, 11) is 1.47. The number of imide groups is 2. The Morgan fingerprint density at radius 3 is 2.50 bits per heavy atom. The van der Waals surface area contributed by atoms with Gasteiger partial charge in [-0.15, -0.1) is 6.58 Å². The SMILES string of the molecule is C=CCc1cc(/C=C2\C(=O)NC(=O)N(c3cccc([N+](=O)[O-])c3)C2=O)cc(OC)c1OCc1ccccc1. The molecule has 10 nitrogen and oxygen atoms in total. The number of carbonyl (C=O) groups is 3. The van der Waals surface area contributed by atoms with E-state index in [-0.39, 0.29) is 16.9 Å². The molecule has 192 valence electrons. The van der Waals surface area contributed by atoms with Gasteiger partial charge >= 0.3 is 6.03 Å². The van der Waals surface area contributed by atoms with E-state index in [4.69, 9.17) is 9.47 Å². The molecule has 0 unspecified atom stereocenters. The number of benzene rings is 3. The van der Waals surface area contributed by atoms with Gasteiger partial charge < -0.3 is 9.47 Å². The van der Waals surface area contributed by atoms with E-state index in [2.05, 4.69) is 11.9 Å². The zero-order chi connectivity index (χ0) is 27.2. The van der Waals surface area contributed by atoms with Gasteiger partial charge in [0.25, 0.3) is 17.5 Å². The van der Waals surface area contributed by atoms with Crippen LogP contribution in [0.5, 0.6) is 11.5 Å². The molecule has 1 fully saturated rings. The number of nitrogens with zero attached hydrogens (tertiary/aromatic N) is 2. The Bertz CT molecular complexity index is 1460. The molecule has 38 heavy (non-hydrogen) atoms. The molecule has 3 aromatic rings. The average Bonchev–Trinajstić information content (AvgIpc) is 2.91. The van der Waals surface area contributed by atoms with E-state index in [9.17, 15) is 24.5 Å². The van der Waals surface area contributed by atoms with Crippen LogP contribution in [-0.4, -0.2) is 29.9 Å². The van der Waals surface area contributed by atoms with Crippen molar-refractivity contribution in [1.82, 2.24) is 5.32 Å². The van der Waals surface area contributed by atoms with Crippen molar-refractivity contribution in [2.45, 2.75) is 13.0 Å². The largest absolute Gasteiger partial charge is 0.493 e. The summed E-state index contributed by atoms with van der Waals surface area (Å²) in [4.78, 5) is 49.6. The minimum absolute atomic E-state index is 0.0466. The lowest BCUT2D eigenvalue weighted by Crippen LogP contribution is -2.54. The maximum atomic E-state index is 13.3. The van der Waals surface area contributed by atoms with E-state index in [1.807, 2.05) is 30.3 Å². The number of allylic oxidation sites excluding steroid dienone is 1. The highest BCUT2D eigenvalue weighted by Gasteiger charge is 2.37. The average molecular weight is 514 g/mol. The van der Waals surface area contributed by atoms with Crippen molar-refractivity contribution in [2.24, 2.45) is 0 Å². The first-order valence-corrected chi connectivity index (χ1v) is 11.5. The van der Waals surface area contributed by atoms with Crippen LogP contribution in [0.1, 0.15) is 16.7 Å². The van der Waals surface area contributed by atoms with Gasteiger partial charge in [-0.25, -0.2) is 9.69 Å². The molecule has 1 N–H and O–H groups in total. The van der Waals surface area contributed by atoms with Crippen molar-refractivity contribution < 1.29 is 28.8 Å². The molecule has 0 saturated carbocycles. The normalized spacial score (nSPS) is 14.3. The number of hydrogen-bond donors (Lipinski definition) is 1. The van der Waals surface area contributed by atoms with Crippen LogP contribution in [0, 0.1) is 10.1 Å². The van der Waals surface area contributed by atoms with Gasteiger partial charge in [-0.1, -0.05) is 42.5 Å². The summed E-state index contributed by atoms with van der Waals surface area (Å²) < 4.78 is 11.6. The zero-order valence-corrected chi connectivity index (χ0v) is 20.4. The molecule has 4 amide bonds. The second kappa shape index (κ2) is 11.2. The minimum atomic E-state index is -1.01. The molecule has 0 aliphatic carbocycles. The Labute approximate surface area is 217 Å². The number of carbonyl (C=O) groups excluding carboxylic acids is 3.